The molecular formula is C13H25N. The Morgan fingerprint density at radius 1 is 1.00 bits per heavy atom. The van der Waals surface area contributed by atoms with Crippen LogP contribution in [0.3, 0.4) is 0 Å². The van der Waals surface area contributed by atoms with Gasteiger partial charge >= 0.3 is 0 Å². The summed E-state index contributed by atoms with van der Waals surface area (Å²) < 4.78 is 0. The molecule has 1 nitrogen and oxygen atoms in total. The maximum absolute atomic E-state index is 2.63. The van der Waals surface area contributed by atoms with Crippen LogP contribution in [0.25, 0.3) is 0 Å². The fourth-order valence-electron chi connectivity index (χ4n) is 3.31. The summed E-state index contributed by atoms with van der Waals surface area (Å²) in [4.78, 5) is 2.63. The number of fused-ring (bicyclic) bond motifs is 3. The van der Waals surface area contributed by atoms with Crippen LogP contribution in [-0.4, -0.2) is 23.5 Å². The lowest BCUT2D eigenvalue weighted by molar-refractivity contribution is 0.00236. The molecule has 3 rings (SSSR count). The van der Waals surface area contributed by atoms with Gasteiger partial charge in [0, 0.05) is 11.6 Å². The molecular weight excluding hydrogens is 170 g/mol. The van der Waals surface area contributed by atoms with Crippen molar-refractivity contribution < 1.29 is 0 Å². The smallest absolute Gasteiger partial charge is 0.0128 e. The normalized spacial score (nSPS) is 37.9. The van der Waals surface area contributed by atoms with Gasteiger partial charge in [0.2, 0.25) is 0 Å². The van der Waals surface area contributed by atoms with Crippen LogP contribution in [0.2, 0.25) is 0 Å². The van der Waals surface area contributed by atoms with Gasteiger partial charge in [0.15, 0.2) is 0 Å². The van der Waals surface area contributed by atoms with Crippen molar-refractivity contribution in [3.8, 4) is 0 Å². The van der Waals surface area contributed by atoms with Crippen molar-refractivity contribution >= 4 is 0 Å². The molecule has 1 heteroatoms. The highest BCUT2D eigenvalue weighted by Gasteiger charge is 2.39. The standard InChI is InChI=1S/C13H25N/c1-13(2,3)14(4)12-9-10-5-7-11(12)8-6-10/h10-12H,5-9H2,1-4H3. The van der Waals surface area contributed by atoms with Crippen LogP contribution >= 0.6 is 0 Å². The third kappa shape index (κ3) is 1.84. The molecule has 0 aliphatic heterocycles. The van der Waals surface area contributed by atoms with E-state index in [9.17, 15) is 0 Å². The molecule has 0 N–H and O–H groups in total. The van der Waals surface area contributed by atoms with Crippen LogP contribution in [0.1, 0.15) is 52.9 Å². The number of hydrogen-bond acceptors (Lipinski definition) is 1. The van der Waals surface area contributed by atoms with E-state index in [2.05, 4.69) is 32.7 Å². The van der Waals surface area contributed by atoms with Crippen molar-refractivity contribution in [2.75, 3.05) is 7.05 Å². The van der Waals surface area contributed by atoms with Crippen LogP contribution in [0.5, 0.6) is 0 Å². The molecule has 3 aliphatic rings. The molecule has 82 valence electrons. The van der Waals surface area contributed by atoms with E-state index in [0.717, 1.165) is 17.9 Å². The Bertz CT molecular complexity index is 196. The van der Waals surface area contributed by atoms with Gasteiger partial charge in [-0.05, 0) is 58.9 Å². The van der Waals surface area contributed by atoms with Crippen LogP contribution < -0.4 is 0 Å². The molecule has 0 aromatic rings. The zero-order valence-electron chi connectivity index (χ0n) is 10.2. The van der Waals surface area contributed by atoms with Crippen molar-refractivity contribution in [3.63, 3.8) is 0 Å². The molecule has 0 amide bonds. The number of rotatable bonds is 1. The van der Waals surface area contributed by atoms with E-state index in [1.807, 2.05) is 0 Å². The largest absolute Gasteiger partial charge is 0.298 e. The third-order valence-corrected chi connectivity index (χ3v) is 4.57. The average molecular weight is 195 g/mol. The lowest BCUT2D eigenvalue weighted by Gasteiger charge is -2.50. The van der Waals surface area contributed by atoms with Crippen LogP contribution in [0, 0.1) is 11.8 Å². The van der Waals surface area contributed by atoms with E-state index in [1.165, 1.54) is 32.1 Å². The molecule has 0 heterocycles. The van der Waals surface area contributed by atoms with Gasteiger partial charge in [0.1, 0.15) is 0 Å². The second kappa shape index (κ2) is 3.52. The van der Waals surface area contributed by atoms with Gasteiger partial charge in [-0.1, -0.05) is 12.8 Å². The summed E-state index contributed by atoms with van der Waals surface area (Å²) in [5.41, 5.74) is 0.349. The molecule has 2 bridgehead atoms. The second-order valence-electron chi connectivity index (χ2n) is 6.37. The van der Waals surface area contributed by atoms with E-state index in [4.69, 9.17) is 0 Å². The molecule has 0 saturated heterocycles. The molecule has 0 spiro atoms. The summed E-state index contributed by atoms with van der Waals surface area (Å²) in [7, 11) is 2.32. The summed E-state index contributed by atoms with van der Waals surface area (Å²) >= 11 is 0. The van der Waals surface area contributed by atoms with Crippen molar-refractivity contribution in [1.29, 1.82) is 0 Å². The first-order valence-corrected chi connectivity index (χ1v) is 6.21. The van der Waals surface area contributed by atoms with E-state index >= 15 is 0 Å². The summed E-state index contributed by atoms with van der Waals surface area (Å²) in [6, 6.07) is 0.877. The molecule has 0 aromatic heterocycles. The Hall–Kier alpha value is -0.0400. The van der Waals surface area contributed by atoms with Crippen LogP contribution in [0.4, 0.5) is 0 Å². The lowest BCUT2D eigenvalue weighted by Crippen LogP contribution is -2.52. The summed E-state index contributed by atoms with van der Waals surface area (Å²) in [6.07, 6.45) is 7.49. The first kappa shape index (κ1) is 10.5. The Balaban J connectivity index is 2.05. The van der Waals surface area contributed by atoms with E-state index in [-0.39, 0.29) is 0 Å². The van der Waals surface area contributed by atoms with Gasteiger partial charge < -0.3 is 0 Å². The van der Waals surface area contributed by atoms with E-state index in [0.29, 0.717) is 5.54 Å². The van der Waals surface area contributed by atoms with Crippen molar-refractivity contribution in [2.24, 2.45) is 11.8 Å². The predicted octanol–water partition coefficient (Wildman–Crippen LogP) is 3.30. The Morgan fingerprint density at radius 3 is 1.93 bits per heavy atom. The fraction of sp³-hybridized carbons (Fsp3) is 1.00. The third-order valence-electron chi connectivity index (χ3n) is 4.57. The minimum absolute atomic E-state index is 0.349. The number of nitrogens with zero attached hydrogens (tertiary/aromatic N) is 1. The fourth-order valence-corrected chi connectivity index (χ4v) is 3.31. The zero-order valence-corrected chi connectivity index (χ0v) is 10.2. The number of hydrogen-bond donors (Lipinski definition) is 0. The summed E-state index contributed by atoms with van der Waals surface area (Å²) in [5.74, 6) is 2.05. The molecule has 1 atom stereocenters. The quantitative estimate of drug-likeness (QED) is 0.620. The first-order chi connectivity index (χ1) is 6.48. The maximum Gasteiger partial charge on any atom is 0.0128 e. The molecule has 0 aromatic carbocycles. The van der Waals surface area contributed by atoms with E-state index in [1.54, 1.807) is 0 Å². The Morgan fingerprint density at radius 2 is 1.57 bits per heavy atom. The average Bonchev–Trinajstić information content (AvgIpc) is 2.17. The van der Waals surface area contributed by atoms with Crippen LogP contribution in [-0.2, 0) is 0 Å². The van der Waals surface area contributed by atoms with Gasteiger partial charge in [-0.2, -0.15) is 0 Å². The predicted molar refractivity (Wildman–Crippen MR) is 61.4 cm³/mol. The zero-order chi connectivity index (χ0) is 10.3. The highest BCUT2D eigenvalue weighted by molar-refractivity contribution is 4.94. The monoisotopic (exact) mass is 195 g/mol. The Kier molecular flexibility index (Phi) is 2.63. The second-order valence-corrected chi connectivity index (χ2v) is 6.37. The minimum atomic E-state index is 0.349. The van der Waals surface area contributed by atoms with Crippen molar-refractivity contribution in [1.82, 2.24) is 4.90 Å². The lowest BCUT2D eigenvalue weighted by atomic mass is 9.67. The van der Waals surface area contributed by atoms with Crippen molar-refractivity contribution in [3.05, 3.63) is 0 Å². The highest BCUT2D eigenvalue weighted by atomic mass is 15.2. The summed E-state index contributed by atoms with van der Waals surface area (Å²) in [6.45, 7) is 7.03. The topological polar surface area (TPSA) is 3.24 Å². The highest BCUT2D eigenvalue weighted by Crippen LogP contribution is 2.44. The minimum Gasteiger partial charge on any atom is -0.298 e. The van der Waals surface area contributed by atoms with Crippen molar-refractivity contribution in [2.45, 2.75) is 64.5 Å². The van der Waals surface area contributed by atoms with Crippen LogP contribution in [0.15, 0.2) is 0 Å². The van der Waals surface area contributed by atoms with Gasteiger partial charge in [-0.25, -0.2) is 0 Å². The molecule has 3 fully saturated rings. The SMILES string of the molecule is CN(C1CC2CCC1CC2)C(C)(C)C. The molecule has 1 unspecified atom stereocenters. The Labute approximate surface area is 88.9 Å². The molecule has 3 saturated carbocycles. The van der Waals surface area contributed by atoms with Gasteiger partial charge in [-0.15, -0.1) is 0 Å². The molecule has 3 aliphatic carbocycles. The van der Waals surface area contributed by atoms with Gasteiger partial charge in [0.05, 0.1) is 0 Å². The van der Waals surface area contributed by atoms with Gasteiger partial charge in [0.25, 0.3) is 0 Å². The molecule has 0 radical (unpaired) electrons. The maximum atomic E-state index is 2.63. The first-order valence-electron chi connectivity index (χ1n) is 6.21. The van der Waals surface area contributed by atoms with Gasteiger partial charge in [-0.3, -0.25) is 4.90 Å². The summed E-state index contributed by atoms with van der Waals surface area (Å²) in [5, 5.41) is 0. The molecule has 14 heavy (non-hydrogen) atoms. The van der Waals surface area contributed by atoms with E-state index < -0.39 is 0 Å².